The molecule has 0 spiro atoms. The number of rotatable bonds is 4. The lowest BCUT2D eigenvalue weighted by Gasteiger charge is -2.35. The van der Waals surface area contributed by atoms with Crippen LogP contribution in [0.5, 0.6) is 0 Å². The van der Waals surface area contributed by atoms with Crippen molar-refractivity contribution in [2.24, 2.45) is 5.41 Å². The summed E-state index contributed by atoms with van der Waals surface area (Å²) >= 11 is 0. The molecule has 1 fully saturated rings. The van der Waals surface area contributed by atoms with Gasteiger partial charge in [0.2, 0.25) is 5.91 Å². The Labute approximate surface area is 115 Å². The van der Waals surface area contributed by atoms with Crippen LogP contribution in [0.2, 0.25) is 0 Å². The quantitative estimate of drug-likeness (QED) is 0.874. The van der Waals surface area contributed by atoms with E-state index in [1.165, 1.54) is 5.56 Å². The summed E-state index contributed by atoms with van der Waals surface area (Å²) in [5, 5.41) is 6.49. The minimum absolute atomic E-state index is 0.188. The number of anilines is 1. The number of benzene rings is 1. The Bertz CT molecular complexity index is 436. The van der Waals surface area contributed by atoms with Gasteiger partial charge in [0.1, 0.15) is 0 Å². The van der Waals surface area contributed by atoms with E-state index in [0.717, 1.165) is 44.5 Å². The lowest BCUT2D eigenvalue weighted by atomic mass is 9.76. The molecule has 2 rings (SSSR count). The Morgan fingerprint density at radius 3 is 2.58 bits per heavy atom. The van der Waals surface area contributed by atoms with Crippen LogP contribution < -0.4 is 10.6 Å². The molecule has 0 saturated carbocycles. The molecule has 19 heavy (non-hydrogen) atoms. The number of piperidine rings is 1. The Hall–Kier alpha value is -1.35. The van der Waals surface area contributed by atoms with Crippen LogP contribution in [-0.4, -0.2) is 19.0 Å². The number of nitrogens with one attached hydrogen (secondary N) is 2. The number of hydrogen-bond acceptors (Lipinski definition) is 2. The zero-order valence-corrected chi connectivity index (χ0v) is 12.0. The maximum atomic E-state index is 12.6. The van der Waals surface area contributed by atoms with Crippen LogP contribution in [0.15, 0.2) is 24.3 Å². The average Bonchev–Trinajstić information content (AvgIpc) is 2.48. The second-order valence-electron chi connectivity index (χ2n) is 5.35. The molecule has 1 saturated heterocycles. The van der Waals surface area contributed by atoms with Gasteiger partial charge >= 0.3 is 0 Å². The van der Waals surface area contributed by atoms with Gasteiger partial charge in [0.15, 0.2) is 0 Å². The Morgan fingerprint density at radius 2 is 1.95 bits per heavy atom. The van der Waals surface area contributed by atoms with Gasteiger partial charge in [0.05, 0.1) is 5.41 Å². The van der Waals surface area contributed by atoms with Gasteiger partial charge in [0.25, 0.3) is 0 Å². The van der Waals surface area contributed by atoms with Gasteiger partial charge in [-0.2, -0.15) is 0 Å². The highest BCUT2D eigenvalue weighted by molar-refractivity contribution is 5.96. The van der Waals surface area contributed by atoms with E-state index in [-0.39, 0.29) is 11.3 Å². The van der Waals surface area contributed by atoms with Gasteiger partial charge in [0, 0.05) is 5.69 Å². The van der Waals surface area contributed by atoms with Crippen LogP contribution in [0.25, 0.3) is 0 Å². The van der Waals surface area contributed by atoms with Crippen LogP contribution in [0, 0.1) is 5.41 Å². The molecule has 0 radical (unpaired) electrons. The Kier molecular flexibility index (Phi) is 4.59. The van der Waals surface area contributed by atoms with E-state index in [0.29, 0.717) is 0 Å². The van der Waals surface area contributed by atoms with Crippen molar-refractivity contribution >= 4 is 11.6 Å². The summed E-state index contributed by atoms with van der Waals surface area (Å²) in [6.07, 6.45) is 3.72. The van der Waals surface area contributed by atoms with Gasteiger partial charge in [-0.25, -0.2) is 0 Å². The molecule has 1 aromatic carbocycles. The molecule has 1 aromatic rings. The van der Waals surface area contributed by atoms with Crippen molar-refractivity contribution in [1.29, 1.82) is 0 Å². The van der Waals surface area contributed by atoms with E-state index in [4.69, 9.17) is 0 Å². The standard InChI is InChI=1S/C16H24N2O/c1-3-13-7-5-6-8-14(13)18-15(19)16(4-2)9-11-17-12-10-16/h5-8,17H,3-4,9-12H2,1-2H3,(H,18,19). The minimum atomic E-state index is -0.188. The number of aryl methyl sites for hydroxylation is 1. The van der Waals surface area contributed by atoms with E-state index in [2.05, 4.69) is 30.5 Å². The molecule has 1 amide bonds. The summed E-state index contributed by atoms with van der Waals surface area (Å²) in [6.45, 7) is 6.12. The number of amides is 1. The summed E-state index contributed by atoms with van der Waals surface area (Å²) in [4.78, 5) is 12.6. The molecule has 1 aliphatic rings. The number of hydrogen-bond donors (Lipinski definition) is 2. The van der Waals surface area contributed by atoms with Crippen molar-refractivity contribution < 1.29 is 4.79 Å². The van der Waals surface area contributed by atoms with Gasteiger partial charge in [-0.1, -0.05) is 32.0 Å². The normalized spacial score (nSPS) is 18.0. The van der Waals surface area contributed by atoms with E-state index >= 15 is 0 Å². The zero-order chi connectivity index (χ0) is 13.7. The highest BCUT2D eigenvalue weighted by Gasteiger charge is 2.37. The first-order valence-electron chi connectivity index (χ1n) is 7.32. The fourth-order valence-electron chi connectivity index (χ4n) is 2.85. The molecular formula is C16H24N2O. The molecule has 2 N–H and O–H groups in total. The highest BCUT2D eigenvalue weighted by atomic mass is 16.2. The first-order valence-corrected chi connectivity index (χ1v) is 7.32. The van der Waals surface area contributed by atoms with Crippen LogP contribution in [0.1, 0.15) is 38.7 Å². The zero-order valence-electron chi connectivity index (χ0n) is 12.0. The van der Waals surface area contributed by atoms with E-state index < -0.39 is 0 Å². The fourth-order valence-corrected chi connectivity index (χ4v) is 2.85. The van der Waals surface area contributed by atoms with Gasteiger partial charge in [-0.15, -0.1) is 0 Å². The van der Waals surface area contributed by atoms with Crippen molar-refractivity contribution in [1.82, 2.24) is 5.32 Å². The molecule has 0 atom stereocenters. The molecule has 0 bridgehead atoms. The predicted octanol–water partition coefficient (Wildman–Crippen LogP) is 2.97. The molecule has 0 aromatic heterocycles. The van der Waals surface area contributed by atoms with Gasteiger partial charge in [-0.3, -0.25) is 4.79 Å². The SMILES string of the molecule is CCc1ccccc1NC(=O)C1(CC)CCNCC1. The lowest BCUT2D eigenvalue weighted by molar-refractivity contribution is -0.127. The van der Waals surface area contributed by atoms with Crippen LogP contribution >= 0.6 is 0 Å². The predicted molar refractivity (Wildman–Crippen MR) is 79.3 cm³/mol. The molecule has 0 unspecified atom stereocenters. The molecule has 3 heteroatoms. The smallest absolute Gasteiger partial charge is 0.230 e. The summed E-state index contributed by atoms with van der Waals surface area (Å²) in [5.41, 5.74) is 1.99. The third kappa shape index (κ3) is 2.98. The van der Waals surface area contributed by atoms with Crippen molar-refractivity contribution in [3.8, 4) is 0 Å². The van der Waals surface area contributed by atoms with Gasteiger partial charge in [-0.05, 0) is 50.4 Å². The Morgan fingerprint density at radius 1 is 1.26 bits per heavy atom. The van der Waals surface area contributed by atoms with Crippen LogP contribution in [-0.2, 0) is 11.2 Å². The maximum absolute atomic E-state index is 12.6. The maximum Gasteiger partial charge on any atom is 0.230 e. The molecular weight excluding hydrogens is 236 g/mol. The molecule has 104 valence electrons. The van der Waals surface area contributed by atoms with Crippen molar-refractivity contribution in [3.05, 3.63) is 29.8 Å². The number of carbonyl (C=O) groups excluding carboxylic acids is 1. The number of para-hydroxylation sites is 1. The third-order valence-electron chi connectivity index (χ3n) is 4.37. The second-order valence-corrected chi connectivity index (χ2v) is 5.35. The van der Waals surface area contributed by atoms with Crippen LogP contribution in [0.4, 0.5) is 5.69 Å². The van der Waals surface area contributed by atoms with E-state index in [9.17, 15) is 4.79 Å². The topological polar surface area (TPSA) is 41.1 Å². The average molecular weight is 260 g/mol. The molecule has 3 nitrogen and oxygen atoms in total. The third-order valence-corrected chi connectivity index (χ3v) is 4.37. The first-order chi connectivity index (χ1) is 9.22. The summed E-state index contributed by atoms with van der Waals surface area (Å²) < 4.78 is 0. The summed E-state index contributed by atoms with van der Waals surface area (Å²) in [7, 11) is 0. The lowest BCUT2D eigenvalue weighted by Crippen LogP contribution is -2.44. The summed E-state index contributed by atoms with van der Waals surface area (Å²) in [6, 6.07) is 8.09. The minimum Gasteiger partial charge on any atom is -0.325 e. The number of carbonyl (C=O) groups is 1. The second kappa shape index (κ2) is 6.20. The van der Waals surface area contributed by atoms with E-state index in [1.54, 1.807) is 0 Å². The Balaban J connectivity index is 2.15. The van der Waals surface area contributed by atoms with E-state index in [1.807, 2.05) is 18.2 Å². The first kappa shape index (κ1) is 14.1. The van der Waals surface area contributed by atoms with Crippen LogP contribution in [0.3, 0.4) is 0 Å². The molecule has 1 heterocycles. The fraction of sp³-hybridized carbons (Fsp3) is 0.562. The van der Waals surface area contributed by atoms with Gasteiger partial charge < -0.3 is 10.6 Å². The van der Waals surface area contributed by atoms with Crippen molar-refractivity contribution in [2.75, 3.05) is 18.4 Å². The van der Waals surface area contributed by atoms with Crippen molar-refractivity contribution in [3.63, 3.8) is 0 Å². The molecule has 1 aliphatic heterocycles. The largest absolute Gasteiger partial charge is 0.325 e. The molecule has 0 aliphatic carbocycles. The monoisotopic (exact) mass is 260 g/mol. The van der Waals surface area contributed by atoms with Crippen molar-refractivity contribution in [2.45, 2.75) is 39.5 Å². The summed E-state index contributed by atoms with van der Waals surface area (Å²) in [5.74, 6) is 0.192. The highest BCUT2D eigenvalue weighted by Crippen LogP contribution is 2.34.